The van der Waals surface area contributed by atoms with Crippen molar-refractivity contribution in [3.05, 3.63) is 38.0 Å². The van der Waals surface area contributed by atoms with Gasteiger partial charge in [-0.25, -0.2) is 0 Å². The summed E-state index contributed by atoms with van der Waals surface area (Å²) in [6.45, 7) is 12.0. The van der Waals surface area contributed by atoms with E-state index in [2.05, 4.69) is 19.7 Å². The summed E-state index contributed by atoms with van der Waals surface area (Å²) in [6, 6.07) is 0. The Morgan fingerprint density at radius 2 is 2.06 bits per heavy atom. The molecule has 0 aliphatic carbocycles. The van der Waals surface area contributed by atoms with Gasteiger partial charge >= 0.3 is 0 Å². The van der Waals surface area contributed by atoms with Crippen molar-refractivity contribution in [3.63, 3.8) is 0 Å². The van der Waals surface area contributed by atoms with E-state index in [9.17, 15) is 0 Å². The van der Waals surface area contributed by atoms with E-state index in [1.807, 2.05) is 6.08 Å². The summed E-state index contributed by atoms with van der Waals surface area (Å²) in [6.07, 6.45) is 9.82. The maximum absolute atomic E-state index is 5.90. The fraction of sp³-hybridized carbons (Fsp3) is 0.571. The maximum atomic E-state index is 5.90. The van der Waals surface area contributed by atoms with Crippen molar-refractivity contribution in [2.45, 2.75) is 44.0 Å². The highest BCUT2D eigenvalue weighted by atomic mass is 16.5. The first-order valence-corrected chi connectivity index (χ1v) is 5.95. The Bertz CT molecular complexity index is 227. The number of ether oxygens (including phenoxy) is 2. The van der Waals surface area contributed by atoms with Crippen molar-refractivity contribution >= 4 is 0 Å². The van der Waals surface area contributed by atoms with Gasteiger partial charge < -0.3 is 9.47 Å². The second kappa shape index (κ2) is 7.42. The highest BCUT2D eigenvalue weighted by Gasteiger charge is 2.27. The zero-order chi connectivity index (χ0) is 11.8. The summed E-state index contributed by atoms with van der Waals surface area (Å²) >= 11 is 0. The summed E-state index contributed by atoms with van der Waals surface area (Å²) in [5.41, 5.74) is 0. The van der Waals surface area contributed by atoms with Crippen LogP contribution in [0, 0.1) is 0 Å². The van der Waals surface area contributed by atoms with E-state index in [1.165, 1.54) is 0 Å². The molecular formula is C14H22O2. The van der Waals surface area contributed by atoms with Crippen LogP contribution in [-0.2, 0) is 9.47 Å². The molecule has 0 aromatic carbocycles. The fourth-order valence-electron chi connectivity index (χ4n) is 1.93. The molecule has 0 saturated carbocycles. The van der Waals surface area contributed by atoms with Gasteiger partial charge in [0, 0.05) is 6.61 Å². The van der Waals surface area contributed by atoms with Gasteiger partial charge in [-0.05, 0) is 25.7 Å². The summed E-state index contributed by atoms with van der Waals surface area (Å²) < 4.78 is 11.6. The third-order valence-corrected chi connectivity index (χ3v) is 2.83. The van der Waals surface area contributed by atoms with Crippen molar-refractivity contribution in [1.29, 1.82) is 0 Å². The van der Waals surface area contributed by atoms with Gasteiger partial charge in [-0.3, -0.25) is 0 Å². The molecule has 1 aliphatic rings. The smallest absolute Gasteiger partial charge is 0.0937 e. The molecule has 0 radical (unpaired) electrons. The summed E-state index contributed by atoms with van der Waals surface area (Å²) in [5.74, 6) is 0. The Hall–Kier alpha value is -0.860. The molecule has 0 amide bonds. The molecule has 1 saturated heterocycles. The molecule has 1 fully saturated rings. The molecule has 0 unspecified atom stereocenters. The van der Waals surface area contributed by atoms with Crippen LogP contribution in [0.1, 0.15) is 25.7 Å². The minimum Gasteiger partial charge on any atom is -0.376 e. The van der Waals surface area contributed by atoms with Gasteiger partial charge in [-0.1, -0.05) is 18.2 Å². The van der Waals surface area contributed by atoms with Crippen LogP contribution in [0.25, 0.3) is 0 Å². The van der Waals surface area contributed by atoms with Crippen LogP contribution >= 0.6 is 0 Å². The molecule has 0 spiro atoms. The molecule has 1 heterocycles. The van der Waals surface area contributed by atoms with Crippen LogP contribution in [0.2, 0.25) is 0 Å². The van der Waals surface area contributed by atoms with Crippen LogP contribution in [-0.4, -0.2) is 24.9 Å². The number of allylic oxidation sites excluding steroid dienone is 1. The minimum absolute atomic E-state index is 0.0714. The SMILES string of the molecule is C=CCC[C@H]1OCCC[C@@H]1OC(C=C)C=C. The summed E-state index contributed by atoms with van der Waals surface area (Å²) in [5, 5.41) is 0. The van der Waals surface area contributed by atoms with Crippen molar-refractivity contribution < 1.29 is 9.47 Å². The molecular weight excluding hydrogens is 200 g/mol. The van der Waals surface area contributed by atoms with Crippen LogP contribution < -0.4 is 0 Å². The summed E-state index contributed by atoms with van der Waals surface area (Å²) in [4.78, 5) is 0. The molecule has 1 aliphatic heterocycles. The number of rotatable bonds is 7. The lowest BCUT2D eigenvalue weighted by Gasteiger charge is -2.33. The second-order valence-corrected chi connectivity index (χ2v) is 4.03. The Balaban J connectivity index is 2.48. The van der Waals surface area contributed by atoms with E-state index >= 15 is 0 Å². The first-order valence-electron chi connectivity index (χ1n) is 5.95. The Labute approximate surface area is 98.6 Å². The topological polar surface area (TPSA) is 18.5 Å². The van der Waals surface area contributed by atoms with E-state index in [4.69, 9.17) is 9.47 Å². The Morgan fingerprint density at radius 3 is 2.69 bits per heavy atom. The van der Waals surface area contributed by atoms with Crippen molar-refractivity contribution in [1.82, 2.24) is 0 Å². The van der Waals surface area contributed by atoms with Crippen LogP contribution in [0.5, 0.6) is 0 Å². The highest BCUT2D eigenvalue weighted by molar-refractivity contribution is 4.95. The molecule has 1 rings (SSSR count). The molecule has 0 aromatic rings. The normalized spacial score (nSPS) is 25.3. The molecule has 2 nitrogen and oxygen atoms in total. The zero-order valence-corrected chi connectivity index (χ0v) is 9.94. The van der Waals surface area contributed by atoms with Gasteiger partial charge in [-0.2, -0.15) is 0 Å². The van der Waals surface area contributed by atoms with E-state index in [0.717, 1.165) is 32.3 Å². The molecule has 0 bridgehead atoms. The largest absolute Gasteiger partial charge is 0.376 e. The third-order valence-electron chi connectivity index (χ3n) is 2.83. The van der Waals surface area contributed by atoms with Crippen molar-refractivity contribution in [3.8, 4) is 0 Å². The maximum Gasteiger partial charge on any atom is 0.0937 e. The number of hydrogen-bond donors (Lipinski definition) is 0. The molecule has 0 N–H and O–H groups in total. The monoisotopic (exact) mass is 222 g/mol. The van der Waals surface area contributed by atoms with Crippen LogP contribution in [0.3, 0.4) is 0 Å². The predicted molar refractivity (Wildman–Crippen MR) is 67.5 cm³/mol. The van der Waals surface area contributed by atoms with Gasteiger partial charge in [0.15, 0.2) is 0 Å². The minimum atomic E-state index is -0.0714. The summed E-state index contributed by atoms with van der Waals surface area (Å²) in [7, 11) is 0. The first-order chi connectivity index (χ1) is 7.81. The molecule has 2 heteroatoms. The lowest BCUT2D eigenvalue weighted by atomic mass is 10.0. The standard InChI is InChI=1S/C14H22O2/c1-4-7-9-13-14(10-8-11-15-13)16-12(5-2)6-3/h4-6,12-14H,1-3,7-11H2/t13-,14+/m1/s1. The first kappa shape index (κ1) is 13.2. The second-order valence-electron chi connectivity index (χ2n) is 4.03. The lowest BCUT2D eigenvalue weighted by Crippen LogP contribution is -2.38. The van der Waals surface area contributed by atoms with Gasteiger partial charge in [0.05, 0.1) is 18.3 Å². The quantitative estimate of drug-likeness (QED) is 0.616. The predicted octanol–water partition coefficient (Wildman–Crippen LogP) is 3.26. The molecule has 90 valence electrons. The zero-order valence-electron chi connectivity index (χ0n) is 9.94. The van der Waals surface area contributed by atoms with Crippen molar-refractivity contribution in [2.75, 3.05) is 6.61 Å². The molecule has 16 heavy (non-hydrogen) atoms. The van der Waals surface area contributed by atoms with Gasteiger partial charge in [0.1, 0.15) is 0 Å². The van der Waals surface area contributed by atoms with Gasteiger partial charge in [0.25, 0.3) is 0 Å². The van der Waals surface area contributed by atoms with E-state index in [-0.39, 0.29) is 18.3 Å². The van der Waals surface area contributed by atoms with Crippen molar-refractivity contribution in [2.24, 2.45) is 0 Å². The Kier molecular flexibility index (Phi) is 6.12. The molecule has 2 atom stereocenters. The van der Waals surface area contributed by atoms with E-state index in [0.29, 0.717) is 0 Å². The van der Waals surface area contributed by atoms with Crippen LogP contribution in [0.15, 0.2) is 38.0 Å². The molecule has 0 aromatic heterocycles. The highest BCUT2D eigenvalue weighted by Crippen LogP contribution is 2.22. The fourth-order valence-corrected chi connectivity index (χ4v) is 1.93. The van der Waals surface area contributed by atoms with E-state index < -0.39 is 0 Å². The number of hydrogen-bond acceptors (Lipinski definition) is 2. The Morgan fingerprint density at radius 1 is 1.31 bits per heavy atom. The van der Waals surface area contributed by atoms with Crippen LogP contribution in [0.4, 0.5) is 0 Å². The average molecular weight is 222 g/mol. The van der Waals surface area contributed by atoms with Gasteiger partial charge in [0.2, 0.25) is 0 Å². The van der Waals surface area contributed by atoms with E-state index in [1.54, 1.807) is 12.2 Å². The average Bonchev–Trinajstić information content (AvgIpc) is 2.34. The van der Waals surface area contributed by atoms with Gasteiger partial charge in [-0.15, -0.1) is 19.7 Å². The third kappa shape index (κ3) is 3.95. The lowest BCUT2D eigenvalue weighted by molar-refractivity contribution is -0.114.